The molecule has 0 atom stereocenters. The van der Waals surface area contributed by atoms with Gasteiger partial charge in [0.2, 0.25) is 0 Å². The molecule has 6 heteroatoms. The Kier molecular flexibility index (Phi) is 4.75. The number of carbonyl (C=O) groups excluding carboxylic acids is 2. The number of piperidine rings is 1. The van der Waals surface area contributed by atoms with Crippen molar-refractivity contribution in [2.75, 3.05) is 5.32 Å². The maximum Gasteiger partial charge on any atom is 0.314 e. The van der Waals surface area contributed by atoms with E-state index in [0.29, 0.717) is 5.82 Å². The van der Waals surface area contributed by atoms with Crippen LogP contribution in [0.5, 0.6) is 0 Å². The summed E-state index contributed by atoms with van der Waals surface area (Å²) in [6.07, 6.45) is 3.20. The van der Waals surface area contributed by atoms with Crippen LogP contribution in [-0.4, -0.2) is 33.9 Å². The Balaban J connectivity index is 1.95. The highest BCUT2D eigenvalue weighted by Gasteiger charge is 2.38. The molecule has 1 fully saturated rings. The number of aryl methyl sites for hydroxylation is 1. The highest BCUT2D eigenvalue weighted by atomic mass is 16.2. The molecule has 0 saturated carbocycles. The normalized spacial score (nSPS) is 19.9. The standard InChI is InChI=1S/C17H26N4O2/c1-11-6-7-13(18-10-11)20-15(23)14(22)19-12-8-16(2,3)21-17(4,5)9-12/h6-7,10,12,21H,8-9H2,1-5H3,(H,19,22)(H,18,20,23). The zero-order valence-electron chi connectivity index (χ0n) is 14.5. The third-order valence-electron chi connectivity index (χ3n) is 3.88. The highest BCUT2D eigenvalue weighted by molar-refractivity contribution is 6.39. The molecule has 126 valence electrons. The molecule has 0 radical (unpaired) electrons. The van der Waals surface area contributed by atoms with Gasteiger partial charge in [-0.15, -0.1) is 0 Å². The molecule has 23 heavy (non-hydrogen) atoms. The number of amides is 2. The maximum absolute atomic E-state index is 12.1. The first-order valence-electron chi connectivity index (χ1n) is 7.90. The van der Waals surface area contributed by atoms with Crippen molar-refractivity contribution < 1.29 is 9.59 Å². The van der Waals surface area contributed by atoms with E-state index in [2.05, 4.69) is 48.6 Å². The molecule has 0 unspecified atom stereocenters. The number of hydrogen-bond donors (Lipinski definition) is 3. The fraction of sp³-hybridized carbons (Fsp3) is 0.588. The molecule has 1 saturated heterocycles. The summed E-state index contributed by atoms with van der Waals surface area (Å²) in [5, 5.41) is 8.91. The second kappa shape index (κ2) is 6.28. The Bertz CT molecular complexity index is 577. The summed E-state index contributed by atoms with van der Waals surface area (Å²) in [4.78, 5) is 28.2. The predicted octanol–water partition coefficient (Wildman–Crippen LogP) is 1.75. The Morgan fingerprint density at radius 3 is 2.26 bits per heavy atom. The number of nitrogens with one attached hydrogen (secondary N) is 3. The smallest absolute Gasteiger partial charge is 0.314 e. The number of pyridine rings is 1. The number of carbonyl (C=O) groups is 2. The van der Waals surface area contributed by atoms with Crippen LogP contribution >= 0.6 is 0 Å². The molecular formula is C17H26N4O2. The largest absolute Gasteiger partial charge is 0.345 e. The van der Waals surface area contributed by atoms with Gasteiger partial charge in [-0.05, 0) is 59.1 Å². The van der Waals surface area contributed by atoms with Crippen LogP contribution in [0.15, 0.2) is 18.3 Å². The summed E-state index contributed by atoms with van der Waals surface area (Å²) in [7, 11) is 0. The van der Waals surface area contributed by atoms with E-state index in [-0.39, 0.29) is 17.1 Å². The van der Waals surface area contributed by atoms with Crippen molar-refractivity contribution in [2.24, 2.45) is 0 Å². The molecular weight excluding hydrogens is 292 g/mol. The van der Waals surface area contributed by atoms with Crippen LogP contribution in [0.4, 0.5) is 5.82 Å². The lowest BCUT2D eigenvalue weighted by Gasteiger charge is -2.46. The van der Waals surface area contributed by atoms with E-state index in [1.807, 2.05) is 13.0 Å². The molecule has 3 N–H and O–H groups in total. The van der Waals surface area contributed by atoms with Crippen molar-refractivity contribution in [1.29, 1.82) is 0 Å². The third-order valence-corrected chi connectivity index (χ3v) is 3.88. The van der Waals surface area contributed by atoms with Gasteiger partial charge in [-0.2, -0.15) is 0 Å². The molecule has 2 rings (SSSR count). The third kappa shape index (κ3) is 5.03. The average Bonchev–Trinajstić information content (AvgIpc) is 2.37. The summed E-state index contributed by atoms with van der Waals surface area (Å²) in [5.41, 5.74) is 0.815. The quantitative estimate of drug-likeness (QED) is 0.726. The van der Waals surface area contributed by atoms with Crippen LogP contribution in [-0.2, 0) is 9.59 Å². The summed E-state index contributed by atoms with van der Waals surface area (Å²) < 4.78 is 0. The van der Waals surface area contributed by atoms with Crippen molar-refractivity contribution in [2.45, 2.75) is 64.6 Å². The second-order valence-corrected chi connectivity index (χ2v) is 7.65. The number of anilines is 1. The van der Waals surface area contributed by atoms with Crippen LogP contribution in [0.3, 0.4) is 0 Å². The van der Waals surface area contributed by atoms with E-state index >= 15 is 0 Å². The SMILES string of the molecule is Cc1ccc(NC(=O)C(=O)NC2CC(C)(C)NC(C)(C)C2)nc1. The van der Waals surface area contributed by atoms with Gasteiger partial charge in [-0.1, -0.05) is 6.07 Å². The Morgan fingerprint density at radius 2 is 1.74 bits per heavy atom. The highest BCUT2D eigenvalue weighted by Crippen LogP contribution is 2.28. The van der Waals surface area contributed by atoms with E-state index in [1.54, 1.807) is 12.3 Å². The lowest BCUT2D eigenvalue weighted by molar-refractivity contribution is -0.137. The molecule has 2 heterocycles. The van der Waals surface area contributed by atoms with Crippen LogP contribution < -0.4 is 16.0 Å². The fourth-order valence-corrected chi connectivity index (χ4v) is 3.39. The summed E-state index contributed by atoms with van der Waals surface area (Å²) >= 11 is 0. The number of rotatable bonds is 2. The van der Waals surface area contributed by atoms with Gasteiger partial charge >= 0.3 is 11.8 Å². The van der Waals surface area contributed by atoms with Crippen molar-refractivity contribution in [3.63, 3.8) is 0 Å². The first-order chi connectivity index (χ1) is 10.6. The van der Waals surface area contributed by atoms with Crippen LogP contribution in [0.25, 0.3) is 0 Å². The van der Waals surface area contributed by atoms with Gasteiger partial charge < -0.3 is 16.0 Å². The molecule has 2 amide bonds. The minimum Gasteiger partial charge on any atom is -0.345 e. The van der Waals surface area contributed by atoms with Crippen LogP contribution in [0, 0.1) is 6.92 Å². The molecule has 0 aliphatic carbocycles. The zero-order valence-corrected chi connectivity index (χ0v) is 14.5. The molecule has 0 aromatic carbocycles. The summed E-state index contributed by atoms with van der Waals surface area (Å²) in [6, 6.07) is 3.47. The maximum atomic E-state index is 12.1. The minimum atomic E-state index is -0.685. The van der Waals surface area contributed by atoms with E-state index in [9.17, 15) is 9.59 Å². The van der Waals surface area contributed by atoms with Crippen molar-refractivity contribution in [3.8, 4) is 0 Å². The van der Waals surface area contributed by atoms with E-state index in [4.69, 9.17) is 0 Å². The lowest BCUT2D eigenvalue weighted by atomic mass is 9.79. The van der Waals surface area contributed by atoms with E-state index < -0.39 is 11.8 Å². The van der Waals surface area contributed by atoms with Gasteiger partial charge in [0.05, 0.1) is 0 Å². The average molecular weight is 318 g/mol. The van der Waals surface area contributed by atoms with Gasteiger partial charge in [0.1, 0.15) is 5.82 Å². The van der Waals surface area contributed by atoms with Crippen molar-refractivity contribution in [3.05, 3.63) is 23.9 Å². The monoisotopic (exact) mass is 318 g/mol. The second-order valence-electron chi connectivity index (χ2n) is 7.65. The van der Waals surface area contributed by atoms with Crippen molar-refractivity contribution >= 4 is 17.6 Å². The lowest BCUT2D eigenvalue weighted by Crippen LogP contribution is -2.62. The van der Waals surface area contributed by atoms with E-state index in [0.717, 1.165) is 18.4 Å². The molecule has 1 aliphatic heterocycles. The van der Waals surface area contributed by atoms with Gasteiger partial charge in [0, 0.05) is 23.3 Å². The number of hydrogen-bond acceptors (Lipinski definition) is 4. The molecule has 1 aliphatic rings. The Labute approximate surface area is 137 Å². The fourth-order valence-electron chi connectivity index (χ4n) is 3.39. The van der Waals surface area contributed by atoms with Crippen LogP contribution in [0.1, 0.15) is 46.1 Å². The van der Waals surface area contributed by atoms with Gasteiger partial charge in [0.15, 0.2) is 0 Å². The Hall–Kier alpha value is -1.95. The minimum absolute atomic E-state index is 0.0366. The molecule has 0 bridgehead atoms. The molecule has 1 aromatic rings. The zero-order chi connectivity index (χ0) is 17.3. The topological polar surface area (TPSA) is 83.1 Å². The predicted molar refractivity (Wildman–Crippen MR) is 90.1 cm³/mol. The van der Waals surface area contributed by atoms with E-state index in [1.165, 1.54) is 0 Å². The van der Waals surface area contributed by atoms with Gasteiger partial charge in [-0.25, -0.2) is 4.98 Å². The summed E-state index contributed by atoms with van der Waals surface area (Å²) in [5.74, 6) is -0.928. The number of nitrogens with zero attached hydrogens (tertiary/aromatic N) is 1. The summed E-state index contributed by atoms with van der Waals surface area (Å²) in [6.45, 7) is 10.3. The van der Waals surface area contributed by atoms with Crippen molar-refractivity contribution in [1.82, 2.24) is 15.6 Å². The first kappa shape index (κ1) is 17.4. The molecule has 0 spiro atoms. The number of aromatic nitrogens is 1. The van der Waals surface area contributed by atoms with Gasteiger partial charge in [-0.3, -0.25) is 9.59 Å². The molecule has 6 nitrogen and oxygen atoms in total. The van der Waals surface area contributed by atoms with Crippen LogP contribution in [0.2, 0.25) is 0 Å². The molecule has 1 aromatic heterocycles. The Morgan fingerprint density at radius 1 is 1.13 bits per heavy atom. The first-order valence-corrected chi connectivity index (χ1v) is 7.90. The van der Waals surface area contributed by atoms with Gasteiger partial charge in [0.25, 0.3) is 0 Å².